The molecular formula is C14H17N3. The van der Waals surface area contributed by atoms with E-state index in [1.807, 2.05) is 6.20 Å². The molecule has 88 valence electrons. The summed E-state index contributed by atoms with van der Waals surface area (Å²) in [5.41, 5.74) is 2.64. The third-order valence-corrected chi connectivity index (χ3v) is 3.47. The zero-order chi connectivity index (χ0) is 11.5. The van der Waals surface area contributed by atoms with Crippen LogP contribution in [0.5, 0.6) is 0 Å². The van der Waals surface area contributed by atoms with Crippen molar-refractivity contribution in [2.45, 2.75) is 25.4 Å². The zero-order valence-electron chi connectivity index (χ0n) is 9.84. The summed E-state index contributed by atoms with van der Waals surface area (Å²) in [5, 5.41) is 7.16. The number of rotatable bonds is 3. The van der Waals surface area contributed by atoms with Gasteiger partial charge in [-0.25, -0.2) is 0 Å². The number of aromatic nitrogens is 2. The first-order valence-corrected chi connectivity index (χ1v) is 6.21. The highest BCUT2D eigenvalue weighted by atomic mass is 15.2. The van der Waals surface area contributed by atoms with Gasteiger partial charge in [-0.05, 0) is 31.0 Å². The van der Waals surface area contributed by atoms with E-state index in [1.165, 1.54) is 30.6 Å². The molecule has 1 fully saturated rings. The van der Waals surface area contributed by atoms with Gasteiger partial charge in [-0.1, -0.05) is 30.3 Å². The molecule has 1 N–H and O–H groups in total. The lowest BCUT2D eigenvalue weighted by Gasteiger charge is -2.23. The molecule has 0 amide bonds. The number of nitrogens with one attached hydrogen (secondary N) is 1. The van der Waals surface area contributed by atoms with Crippen molar-refractivity contribution in [1.82, 2.24) is 15.1 Å². The van der Waals surface area contributed by atoms with Crippen molar-refractivity contribution in [3.63, 3.8) is 0 Å². The fraction of sp³-hybridized carbons (Fsp3) is 0.357. The van der Waals surface area contributed by atoms with E-state index in [0.717, 1.165) is 6.54 Å². The first kappa shape index (κ1) is 10.5. The Labute approximate surface area is 101 Å². The maximum absolute atomic E-state index is 4.06. The number of hydrogen-bond acceptors (Lipinski definition) is 2. The second-order valence-corrected chi connectivity index (χ2v) is 4.63. The van der Waals surface area contributed by atoms with Crippen molar-refractivity contribution < 1.29 is 0 Å². The number of benzene rings is 1. The average Bonchev–Trinajstić information content (AvgIpc) is 3.00. The number of aromatic amines is 1. The molecular weight excluding hydrogens is 210 g/mol. The van der Waals surface area contributed by atoms with E-state index in [-0.39, 0.29) is 0 Å². The highest BCUT2D eigenvalue weighted by Gasteiger charge is 2.26. The van der Waals surface area contributed by atoms with Gasteiger partial charge in [0.2, 0.25) is 0 Å². The summed E-state index contributed by atoms with van der Waals surface area (Å²) >= 11 is 0. The zero-order valence-corrected chi connectivity index (χ0v) is 9.84. The average molecular weight is 227 g/mol. The Bertz CT molecular complexity index is 450. The lowest BCUT2D eigenvalue weighted by molar-refractivity contribution is 0.244. The molecule has 0 radical (unpaired) electrons. The lowest BCUT2D eigenvalue weighted by atomic mass is 10.1. The van der Waals surface area contributed by atoms with Gasteiger partial charge in [0, 0.05) is 12.7 Å². The first-order chi connectivity index (χ1) is 8.43. The minimum Gasteiger partial charge on any atom is -0.291 e. The van der Waals surface area contributed by atoms with Crippen LogP contribution in [0.15, 0.2) is 42.6 Å². The lowest BCUT2D eigenvalue weighted by Crippen LogP contribution is -2.22. The maximum Gasteiger partial charge on any atom is 0.0523 e. The summed E-state index contributed by atoms with van der Waals surface area (Å²) in [5.74, 6) is 0. The van der Waals surface area contributed by atoms with Gasteiger partial charge in [0.1, 0.15) is 0 Å². The van der Waals surface area contributed by atoms with Crippen LogP contribution in [0, 0.1) is 0 Å². The molecule has 1 atom stereocenters. The van der Waals surface area contributed by atoms with Gasteiger partial charge in [-0.15, -0.1) is 0 Å². The molecule has 3 heteroatoms. The van der Waals surface area contributed by atoms with Gasteiger partial charge in [0.15, 0.2) is 0 Å². The fourth-order valence-electron chi connectivity index (χ4n) is 2.64. The van der Waals surface area contributed by atoms with E-state index in [9.17, 15) is 0 Å². The quantitative estimate of drug-likeness (QED) is 0.874. The monoisotopic (exact) mass is 227 g/mol. The van der Waals surface area contributed by atoms with E-state index in [0.29, 0.717) is 6.04 Å². The van der Waals surface area contributed by atoms with E-state index in [2.05, 4.69) is 51.5 Å². The van der Waals surface area contributed by atoms with Crippen LogP contribution < -0.4 is 0 Å². The fourth-order valence-corrected chi connectivity index (χ4v) is 2.64. The summed E-state index contributed by atoms with van der Waals surface area (Å²) in [6.45, 7) is 2.21. The van der Waals surface area contributed by atoms with Gasteiger partial charge in [-0.2, -0.15) is 5.10 Å². The highest BCUT2D eigenvalue weighted by Crippen LogP contribution is 2.31. The molecule has 2 heterocycles. The minimum atomic E-state index is 0.512. The van der Waals surface area contributed by atoms with Gasteiger partial charge in [0.05, 0.1) is 11.7 Å². The molecule has 1 aromatic heterocycles. The van der Waals surface area contributed by atoms with Crippen LogP contribution in [-0.4, -0.2) is 21.6 Å². The van der Waals surface area contributed by atoms with Crippen LogP contribution in [-0.2, 0) is 6.54 Å². The van der Waals surface area contributed by atoms with Crippen LogP contribution in [0.25, 0.3) is 0 Å². The second kappa shape index (κ2) is 4.72. The summed E-state index contributed by atoms with van der Waals surface area (Å²) in [7, 11) is 0. The SMILES string of the molecule is c1ccc(CN2CCC[C@H]2c2ccn[nH]2)cc1. The summed E-state index contributed by atoms with van der Waals surface area (Å²) in [6.07, 6.45) is 4.35. The summed E-state index contributed by atoms with van der Waals surface area (Å²) in [4.78, 5) is 2.53. The highest BCUT2D eigenvalue weighted by molar-refractivity contribution is 5.16. The van der Waals surface area contributed by atoms with Gasteiger partial charge in [0.25, 0.3) is 0 Å². The Morgan fingerprint density at radius 3 is 2.88 bits per heavy atom. The van der Waals surface area contributed by atoms with E-state index in [4.69, 9.17) is 0 Å². The number of likely N-dealkylation sites (tertiary alicyclic amines) is 1. The summed E-state index contributed by atoms with van der Waals surface area (Å²) < 4.78 is 0. The third kappa shape index (κ3) is 2.24. The van der Waals surface area contributed by atoms with Gasteiger partial charge < -0.3 is 0 Å². The number of H-pyrrole nitrogens is 1. The van der Waals surface area contributed by atoms with Crippen molar-refractivity contribution in [3.8, 4) is 0 Å². The van der Waals surface area contributed by atoms with Crippen LogP contribution in [0.4, 0.5) is 0 Å². The smallest absolute Gasteiger partial charge is 0.0523 e. The molecule has 2 aromatic rings. The first-order valence-electron chi connectivity index (χ1n) is 6.21. The predicted molar refractivity (Wildman–Crippen MR) is 67.4 cm³/mol. The standard InChI is InChI=1S/C14H17N3/c1-2-5-12(6-3-1)11-17-10-4-7-14(17)13-8-9-15-16-13/h1-3,5-6,8-9,14H,4,7,10-11H2,(H,15,16)/t14-/m0/s1. The third-order valence-electron chi connectivity index (χ3n) is 3.47. The van der Waals surface area contributed by atoms with Crippen LogP contribution in [0.2, 0.25) is 0 Å². The molecule has 0 bridgehead atoms. The van der Waals surface area contributed by atoms with E-state index >= 15 is 0 Å². The normalized spacial score (nSPS) is 20.8. The van der Waals surface area contributed by atoms with Gasteiger partial charge in [-0.3, -0.25) is 10.00 Å². The molecule has 3 rings (SSSR count). The summed E-state index contributed by atoms with van der Waals surface area (Å²) in [6, 6.07) is 13.3. The molecule has 0 unspecified atom stereocenters. The molecule has 0 spiro atoms. The molecule has 0 aliphatic carbocycles. The number of nitrogens with zero attached hydrogens (tertiary/aromatic N) is 2. The Morgan fingerprint density at radius 2 is 2.12 bits per heavy atom. The van der Waals surface area contributed by atoms with Crippen molar-refractivity contribution in [2.75, 3.05) is 6.54 Å². The molecule has 0 saturated carbocycles. The van der Waals surface area contributed by atoms with E-state index in [1.54, 1.807) is 0 Å². The van der Waals surface area contributed by atoms with Crippen LogP contribution in [0.1, 0.15) is 30.1 Å². The molecule has 1 saturated heterocycles. The van der Waals surface area contributed by atoms with E-state index < -0.39 is 0 Å². The van der Waals surface area contributed by atoms with Crippen molar-refractivity contribution in [1.29, 1.82) is 0 Å². The van der Waals surface area contributed by atoms with Crippen molar-refractivity contribution in [2.24, 2.45) is 0 Å². The minimum absolute atomic E-state index is 0.512. The van der Waals surface area contributed by atoms with Crippen molar-refractivity contribution >= 4 is 0 Å². The Balaban J connectivity index is 1.75. The maximum atomic E-state index is 4.06. The van der Waals surface area contributed by atoms with Crippen LogP contribution >= 0.6 is 0 Å². The molecule has 1 aliphatic heterocycles. The Hall–Kier alpha value is -1.61. The molecule has 3 nitrogen and oxygen atoms in total. The van der Waals surface area contributed by atoms with Crippen molar-refractivity contribution in [3.05, 3.63) is 53.9 Å². The van der Waals surface area contributed by atoms with Crippen LogP contribution in [0.3, 0.4) is 0 Å². The number of hydrogen-bond donors (Lipinski definition) is 1. The largest absolute Gasteiger partial charge is 0.291 e. The van der Waals surface area contributed by atoms with Gasteiger partial charge >= 0.3 is 0 Å². The topological polar surface area (TPSA) is 31.9 Å². The molecule has 1 aromatic carbocycles. The molecule has 1 aliphatic rings. The Kier molecular flexibility index (Phi) is 2.92. The molecule has 17 heavy (non-hydrogen) atoms. The Morgan fingerprint density at radius 1 is 1.24 bits per heavy atom. The second-order valence-electron chi connectivity index (χ2n) is 4.63. The predicted octanol–water partition coefficient (Wildman–Crippen LogP) is 2.75.